The minimum Gasteiger partial charge on any atom is -0.507 e. The Balaban J connectivity index is 2.19. The molecule has 90 valence electrons. The van der Waals surface area contributed by atoms with Crippen LogP contribution in [0.1, 0.15) is 5.56 Å². The molecular weight excluding hydrogens is 266 g/mol. The molecule has 0 atom stereocenters. The zero-order valence-corrected chi connectivity index (χ0v) is 11.2. The number of aromatic nitrogens is 1. The number of phenolic OH excluding ortho intramolecular Hbond substituents is 1. The number of hydrogen-bond acceptors (Lipinski definition) is 3. The first-order chi connectivity index (χ1) is 8.63. The highest BCUT2D eigenvalue weighted by molar-refractivity contribution is 7.21. The summed E-state index contributed by atoms with van der Waals surface area (Å²) in [6.45, 7) is 2.05. The minimum absolute atomic E-state index is 0.165. The van der Waals surface area contributed by atoms with Crippen LogP contribution in [0.4, 0.5) is 0 Å². The van der Waals surface area contributed by atoms with E-state index >= 15 is 0 Å². The van der Waals surface area contributed by atoms with Crippen molar-refractivity contribution in [1.29, 1.82) is 0 Å². The van der Waals surface area contributed by atoms with E-state index in [1.165, 1.54) is 11.6 Å². The Morgan fingerprint density at radius 1 is 1.17 bits per heavy atom. The zero-order valence-electron chi connectivity index (χ0n) is 9.64. The van der Waals surface area contributed by atoms with E-state index in [-0.39, 0.29) is 5.75 Å². The van der Waals surface area contributed by atoms with Gasteiger partial charge in [0.1, 0.15) is 10.8 Å². The third-order valence-corrected chi connectivity index (χ3v) is 4.02. The molecule has 0 saturated carbocycles. The number of fused-ring (bicyclic) bond motifs is 1. The smallest absolute Gasteiger partial charge is 0.128 e. The van der Waals surface area contributed by atoms with Crippen molar-refractivity contribution in [2.45, 2.75) is 6.92 Å². The topological polar surface area (TPSA) is 33.1 Å². The van der Waals surface area contributed by atoms with E-state index in [0.29, 0.717) is 5.02 Å². The maximum Gasteiger partial charge on any atom is 0.128 e. The molecule has 0 unspecified atom stereocenters. The molecule has 4 heteroatoms. The fourth-order valence-electron chi connectivity index (χ4n) is 1.83. The summed E-state index contributed by atoms with van der Waals surface area (Å²) in [4.78, 5) is 4.53. The van der Waals surface area contributed by atoms with Gasteiger partial charge in [-0.15, -0.1) is 11.3 Å². The number of phenols is 1. The Morgan fingerprint density at radius 3 is 2.78 bits per heavy atom. The molecular formula is C14H10ClNOS. The number of aromatic hydroxyl groups is 1. The Labute approximate surface area is 113 Å². The van der Waals surface area contributed by atoms with Crippen LogP contribution in [-0.4, -0.2) is 10.1 Å². The first-order valence-electron chi connectivity index (χ1n) is 5.49. The number of hydrogen-bond donors (Lipinski definition) is 1. The van der Waals surface area contributed by atoms with Gasteiger partial charge in [-0.05, 0) is 42.8 Å². The molecule has 0 spiro atoms. The van der Waals surface area contributed by atoms with E-state index in [2.05, 4.69) is 18.0 Å². The van der Waals surface area contributed by atoms with E-state index < -0.39 is 0 Å². The minimum atomic E-state index is 0.165. The maximum absolute atomic E-state index is 9.91. The normalized spacial score (nSPS) is 11.0. The monoisotopic (exact) mass is 275 g/mol. The second-order valence-electron chi connectivity index (χ2n) is 4.15. The first-order valence-corrected chi connectivity index (χ1v) is 6.69. The third kappa shape index (κ3) is 1.96. The first kappa shape index (κ1) is 11.5. The molecule has 2 aromatic carbocycles. The molecule has 0 fully saturated rings. The number of thiazole rings is 1. The van der Waals surface area contributed by atoms with Gasteiger partial charge in [-0.3, -0.25) is 0 Å². The molecule has 2 nitrogen and oxygen atoms in total. The highest BCUT2D eigenvalue weighted by atomic mass is 35.5. The molecule has 1 aromatic heterocycles. The van der Waals surface area contributed by atoms with Crippen molar-refractivity contribution in [2.24, 2.45) is 0 Å². The Hall–Kier alpha value is -1.58. The van der Waals surface area contributed by atoms with Gasteiger partial charge >= 0.3 is 0 Å². The average Bonchev–Trinajstić information content (AvgIpc) is 2.71. The molecule has 0 aliphatic carbocycles. The Morgan fingerprint density at radius 2 is 2.00 bits per heavy atom. The maximum atomic E-state index is 9.91. The summed E-state index contributed by atoms with van der Waals surface area (Å²) in [7, 11) is 0. The highest BCUT2D eigenvalue weighted by Crippen LogP contribution is 2.36. The van der Waals surface area contributed by atoms with Crippen molar-refractivity contribution < 1.29 is 5.11 Å². The van der Waals surface area contributed by atoms with Crippen molar-refractivity contribution in [3.8, 4) is 16.3 Å². The van der Waals surface area contributed by atoms with E-state index in [1.807, 2.05) is 12.1 Å². The molecule has 3 aromatic rings. The summed E-state index contributed by atoms with van der Waals surface area (Å²) in [6, 6.07) is 11.2. The lowest BCUT2D eigenvalue weighted by atomic mass is 10.2. The molecule has 0 bridgehead atoms. The number of aryl methyl sites for hydroxylation is 1. The van der Waals surface area contributed by atoms with Crippen molar-refractivity contribution >= 4 is 33.2 Å². The number of nitrogens with zero attached hydrogens (tertiary/aromatic N) is 1. The molecule has 0 aliphatic rings. The van der Waals surface area contributed by atoms with Crippen LogP contribution in [0.5, 0.6) is 5.75 Å². The number of halogens is 1. The second-order valence-corrected chi connectivity index (χ2v) is 5.62. The zero-order chi connectivity index (χ0) is 12.7. The molecule has 0 amide bonds. The van der Waals surface area contributed by atoms with Gasteiger partial charge in [0, 0.05) is 5.02 Å². The lowest BCUT2D eigenvalue weighted by molar-refractivity contribution is 0.477. The Kier molecular flexibility index (Phi) is 2.73. The van der Waals surface area contributed by atoms with Gasteiger partial charge < -0.3 is 5.11 Å². The molecule has 1 N–H and O–H groups in total. The van der Waals surface area contributed by atoms with Gasteiger partial charge in [0.25, 0.3) is 0 Å². The van der Waals surface area contributed by atoms with E-state index in [9.17, 15) is 5.11 Å². The summed E-state index contributed by atoms with van der Waals surface area (Å²) in [5, 5.41) is 11.2. The Bertz CT molecular complexity index is 736. The van der Waals surface area contributed by atoms with Crippen LogP contribution in [0, 0.1) is 6.92 Å². The van der Waals surface area contributed by atoms with Gasteiger partial charge in [-0.1, -0.05) is 17.7 Å². The second kappa shape index (κ2) is 4.26. The predicted molar refractivity (Wildman–Crippen MR) is 76.5 cm³/mol. The van der Waals surface area contributed by atoms with Crippen LogP contribution >= 0.6 is 22.9 Å². The molecule has 18 heavy (non-hydrogen) atoms. The van der Waals surface area contributed by atoms with E-state index in [1.54, 1.807) is 23.5 Å². The van der Waals surface area contributed by atoms with Crippen LogP contribution in [0.3, 0.4) is 0 Å². The largest absolute Gasteiger partial charge is 0.507 e. The van der Waals surface area contributed by atoms with Crippen molar-refractivity contribution in [2.75, 3.05) is 0 Å². The van der Waals surface area contributed by atoms with Crippen LogP contribution in [0.2, 0.25) is 5.02 Å². The molecule has 0 aliphatic heterocycles. The molecule has 1 heterocycles. The third-order valence-electron chi connectivity index (χ3n) is 2.73. The fourth-order valence-corrected chi connectivity index (χ4v) is 3.10. The van der Waals surface area contributed by atoms with Gasteiger partial charge in [-0.2, -0.15) is 0 Å². The summed E-state index contributed by atoms with van der Waals surface area (Å²) in [5.74, 6) is 0.165. The standard InChI is InChI=1S/C14H10ClNOS/c1-8-2-5-11-13(6-8)18-14(16-11)10-4-3-9(15)7-12(10)17/h2-7,17H,1H3. The van der Waals surface area contributed by atoms with Crippen LogP contribution in [-0.2, 0) is 0 Å². The van der Waals surface area contributed by atoms with E-state index in [4.69, 9.17) is 11.6 Å². The molecule has 0 saturated heterocycles. The summed E-state index contributed by atoms with van der Waals surface area (Å²) >= 11 is 7.40. The SMILES string of the molecule is Cc1ccc2nc(-c3ccc(Cl)cc3O)sc2c1. The van der Waals surface area contributed by atoms with Crippen molar-refractivity contribution in [3.63, 3.8) is 0 Å². The molecule has 3 rings (SSSR count). The quantitative estimate of drug-likeness (QED) is 0.702. The van der Waals surface area contributed by atoms with Crippen LogP contribution < -0.4 is 0 Å². The lowest BCUT2D eigenvalue weighted by Gasteiger charge is -2.00. The average molecular weight is 276 g/mol. The summed E-state index contributed by atoms with van der Waals surface area (Å²) in [5.41, 5.74) is 2.88. The number of rotatable bonds is 1. The van der Waals surface area contributed by atoms with Gasteiger partial charge in [-0.25, -0.2) is 4.98 Å². The number of benzene rings is 2. The van der Waals surface area contributed by atoms with Crippen LogP contribution in [0.25, 0.3) is 20.8 Å². The lowest BCUT2D eigenvalue weighted by Crippen LogP contribution is -1.77. The van der Waals surface area contributed by atoms with Crippen molar-refractivity contribution in [1.82, 2.24) is 4.98 Å². The van der Waals surface area contributed by atoms with E-state index in [0.717, 1.165) is 20.8 Å². The molecule has 0 radical (unpaired) electrons. The highest BCUT2D eigenvalue weighted by Gasteiger charge is 2.10. The fraction of sp³-hybridized carbons (Fsp3) is 0.0714. The predicted octanol–water partition coefficient (Wildman–Crippen LogP) is 4.63. The van der Waals surface area contributed by atoms with Gasteiger partial charge in [0.15, 0.2) is 0 Å². The van der Waals surface area contributed by atoms with Crippen LogP contribution in [0.15, 0.2) is 36.4 Å². The summed E-state index contributed by atoms with van der Waals surface area (Å²) < 4.78 is 1.12. The van der Waals surface area contributed by atoms with Gasteiger partial charge in [0.2, 0.25) is 0 Å². The summed E-state index contributed by atoms with van der Waals surface area (Å²) in [6.07, 6.45) is 0. The van der Waals surface area contributed by atoms with Crippen molar-refractivity contribution in [3.05, 3.63) is 47.0 Å². The van der Waals surface area contributed by atoms with Gasteiger partial charge in [0.05, 0.1) is 15.8 Å².